The second kappa shape index (κ2) is 9.92. The third kappa shape index (κ3) is 5.25. The fourth-order valence-corrected chi connectivity index (χ4v) is 3.60. The number of amides is 1. The van der Waals surface area contributed by atoms with E-state index in [1.165, 1.54) is 5.69 Å². The lowest BCUT2D eigenvalue weighted by Crippen LogP contribution is -2.30. The molecule has 0 fully saturated rings. The van der Waals surface area contributed by atoms with Crippen molar-refractivity contribution < 1.29 is 4.79 Å². The SMILES string of the molecule is CCN(CCCNC(=O)c1cc(C)n(Cc2ccccn2)c1C)c1ccccc1. The number of hydrogen-bond donors (Lipinski definition) is 1. The Kier molecular flexibility index (Phi) is 7.06. The molecule has 1 N–H and O–H groups in total. The second-order valence-corrected chi connectivity index (χ2v) is 7.22. The Labute approximate surface area is 173 Å². The molecule has 1 amide bonds. The zero-order valence-corrected chi connectivity index (χ0v) is 17.6. The van der Waals surface area contributed by atoms with Gasteiger partial charge in [-0.05, 0) is 57.5 Å². The average molecular weight is 391 g/mol. The molecular weight excluding hydrogens is 360 g/mol. The van der Waals surface area contributed by atoms with Crippen LogP contribution in [0.1, 0.15) is 40.8 Å². The smallest absolute Gasteiger partial charge is 0.253 e. The zero-order valence-electron chi connectivity index (χ0n) is 17.6. The molecule has 0 atom stereocenters. The van der Waals surface area contributed by atoms with Crippen molar-refractivity contribution in [3.63, 3.8) is 0 Å². The Morgan fingerprint density at radius 2 is 1.86 bits per heavy atom. The van der Waals surface area contributed by atoms with Gasteiger partial charge in [-0.25, -0.2) is 0 Å². The fourth-order valence-electron chi connectivity index (χ4n) is 3.60. The van der Waals surface area contributed by atoms with Gasteiger partial charge in [0.05, 0.1) is 17.8 Å². The number of aryl methyl sites for hydroxylation is 1. The molecular formula is C24H30N4O. The van der Waals surface area contributed by atoms with Crippen LogP contribution in [0.25, 0.3) is 0 Å². The van der Waals surface area contributed by atoms with Gasteiger partial charge in [-0.2, -0.15) is 0 Å². The number of nitrogens with zero attached hydrogens (tertiary/aromatic N) is 3. The van der Waals surface area contributed by atoms with Crippen molar-refractivity contribution in [2.24, 2.45) is 0 Å². The van der Waals surface area contributed by atoms with Crippen LogP contribution in [-0.2, 0) is 6.54 Å². The second-order valence-electron chi connectivity index (χ2n) is 7.22. The maximum absolute atomic E-state index is 12.7. The summed E-state index contributed by atoms with van der Waals surface area (Å²) >= 11 is 0. The zero-order chi connectivity index (χ0) is 20.6. The van der Waals surface area contributed by atoms with Crippen molar-refractivity contribution >= 4 is 11.6 Å². The number of benzene rings is 1. The summed E-state index contributed by atoms with van der Waals surface area (Å²) in [6.07, 6.45) is 2.70. The quantitative estimate of drug-likeness (QED) is 0.557. The summed E-state index contributed by atoms with van der Waals surface area (Å²) in [4.78, 5) is 19.4. The van der Waals surface area contributed by atoms with Crippen LogP contribution < -0.4 is 10.2 Å². The Bertz CT molecular complexity index is 919. The molecule has 1 aromatic carbocycles. The van der Waals surface area contributed by atoms with Crippen molar-refractivity contribution in [2.45, 2.75) is 33.7 Å². The minimum absolute atomic E-state index is 0.00636. The fraction of sp³-hybridized carbons (Fsp3) is 0.333. The van der Waals surface area contributed by atoms with Crippen molar-refractivity contribution in [3.05, 3.63) is 83.4 Å². The molecule has 2 heterocycles. The van der Waals surface area contributed by atoms with E-state index in [0.717, 1.165) is 42.2 Å². The maximum atomic E-state index is 12.7. The molecule has 0 aliphatic rings. The van der Waals surface area contributed by atoms with Crippen LogP contribution in [0, 0.1) is 13.8 Å². The first kappa shape index (κ1) is 20.6. The summed E-state index contributed by atoms with van der Waals surface area (Å²) in [6.45, 7) is 9.39. The lowest BCUT2D eigenvalue weighted by Gasteiger charge is -2.23. The minimum Gasteiger partial charge on any atom is -0.372 e. The number of para-hydroxylation sites is 1. The standard InChI is InChI=1S/C24H30N4O/c1-4-27(22-12-6-5-7-13-22)16-10-15-26-24(29)23-17-19(2)28(20(23)3)18-21-11-8-9-14-25-21/h5-9,11-14,17H,4,10,15-16,18H2,1-3H3,(H,26,29). The van der Waals surface area contributed by atoms with Gasteiger partial charge in [0.2, 0.25) is 0 Å². The van der Waals surface area contributed by atoms with Crippen LogP contribution in [0.15, 0.2) is 60.8 Å². The van der Waals surface area contributed by atoms with Gasteiger partial charge < -0.3 is 14.8 Å². The molecule has 3 aromatic rings. The molecule has 0 saturated carbocycles. The highest BCUT2D eigenvalue weighted by molar-refractivity contribution is 5.95. The molecule has 0 radical (unpaired) electrons. The van der Waals surface area contributed by atoms with Crippen molar-refractivity contribution in [2.75, 3.05) is 24.5 Å². The normalized spacial score (nSPS) is 10.7. The van der Waals surface area contributed by atoms with Crippen molar-refractivity contribution in [1.82, 2.24) is 14.9 Å². The molecule has 0 saturated heterocycles. The first-order valence-corrected chi connectivity index (χ1v) is 10.2. The van der Waals surface area contributed by atoms with Gasteiger partial charge in [0.15, 0.2) is 0 Å². The number of pyridine rings is 1. The van der Waals surface area contributed by atoms with Gasteiger partial charge in [-0.15, -0.1) is 0 Å². The monoisotopic (exact) mass is 390 g/mol. The summed E-state index contributed by atoms with van der Waals surface area (Å²) in [5.74, 6) is -0.00636. The van der Waals surface area contributed by atoms with Crippen LogP contribution >= 0.6 is 0 Å². The number of nitrogens with one attached hydrogen (secondary N) is 1. The highest BCUT2D eigenvalue weighted by atomic mass is 16.1. The Morgan fingerprint density at radius 3 is 2.55 bits per heavy atom. The van der Waals surface area contributed by atoms with Crippen LogP contribution in [0.3, 0.4) is 0 Å². The van der Waals surface area contributed by atoms with Crippen LogP contribution in [0.4, 0.5) is 5.69 Å². The van der Waals surface area contributed by atoms with Crippen molar-refractivity contribution in [1.29, 1.82) is 0 Å². The Balaban J connectivity index is 1.55. The number of hydrogen-bond acceptors (Lipinski definition) is 3. The lowest BCUT2D eigenvalue weighted by molar-refractivity contribution is 0.0952. The van der Waals surface area contributed by atoms with E-state index < -0.39 is 0 Å². The molecule has 5 nitrogen and oxygen atoms in total. The summed E-state index contributed by atoms with van der Waals surface area (Å²) in [5.41, 5.74) is 5.00. The molecule has 2 aromatic heterocycles. The number of carbonyl (C=O) groups excluding carboxylic acids is 1. The predicted molar refractivity (Wildman–Crippen MR) is 119 cm³/mol. The maximum Gasteiger partial charge on any atom is 0.253 e. The Hall–Kier alpha value is -3.08. The van der Waals surface area contributed by atoms with E-state index in [2.05, 4.69) is 51.0 Å². The third-order valence-electron chi connectivity index (χ3n) is 5.26. The molecule has 3 rings (SSSR count). The third-order valence-corrected chi connectivity index (χ3v) is 5.26. The molecule has 0 spiro atoms. The van der Waals surface area contributed by atoms with Gasteiger partial charge in [0.25, 0.3) is 5.91 Å². The average Bonchev–Trinajstić information content (AvgIpc) is 3.03. The Morgan fingerprint density at radius 1 is 1.10 bits per heavy atom. The van der Waals surface area contributed by atoms with Gasteiger partial charge in [0.1, 0.15) is 0 Å². The predicted octanol–water partition coefficient (Wildman–Crippen LogP) is 4.19. The van der Waals surface area contributed by atoms with Crippen molar-refractivity contribution in [3.8, 4) is 0 Å². The summed E-state index contributed by atoms with van der Waals surface area (Å²) in [5, 5.41) is 3.08. The van der Waals surface area contributed by atoms with E-state index in [4.69, 9.17) is 0 Å². The van der Waals surface area contributed by atoms with Crippen LogP contribution in [0.2, 0.25) is 0 Å². The first-order valence-electron chi connectivity index (χ1n) is 10.2. The summed E-state index contributed by atoms with van der Waals surface area (Å²) in [7, 11) is 0. The van der Waals surface area contributed by atoms with Gasteiger partial charge in [-0.1, -0.05) is 24.3 Å². The van der Waals surface area contributed by atoms with Gasteiger partial charge in [-0.3, -0.25) is 9.78 Å². The van der Waals surface area contributed by atoms with Gasteiger partial charge in [0, 0.05) is 42.9 Å². The molecule has 152 valence electrons. The van der Waals surface area contributed by atoms with E-state index in [0.29, 0.717) is 13.1 Å². The minimum atomic E-state index is -0.00636. The number of rotatable bonds is 9. The highest BCUT2D eigenvalue weighted by Crippen LogP contribution is 2.17. The molecule has 29 heavy (non-hydrogen) atoms. The summed E-state index contributed by atoms with van der Waals surface area (Å²) in [6, 6.07) is 18.3. The lowest BCUT2D eigenvalue weighted by atomic mass is 10.2. The highest BCUT2D eigenvalue weighted by Gasteiger charge is 2.16. The topological polar surface area (TPSA) is 50.2 Å². The van der Waals surface area contributed by atoms with Crippen LogP contribution in [0.5, 0.6) is 0 Å². The first-order chi connectivity index (χ1) is 14.1. The molecule has 5 heteroatoms. The van der Waals surface area contributed by atoms with E-state index >= 15 is 0 Å². The largest absolute Gasteiger partial charge is 0.372 e. The molecule has 0 unspecified atom stereocenters. The van der Waals surface area contributed by atoms with E-state index in [9.17, 15) is 4.79 Å². The van der Waals surface area contributed by atoms with Crippen LogP contribution in [-0.4, -0.2) is 35.1 Å². The van der Waals surface area contributed by atoms with E-state index in [-0.39, 0.29) is 5.91 Å². The number of anilines is 1. The van der Waals surface area contributed by atoms with E-state index in [1.807, 2.05) is 44.2 Å². The molecule has 0 aliphatic heterocycles. The number of carbonyl (C=O) groups is 1. The van der Waals surface area contributed by atoms with Gasteiger partial charge >= 0.3 is 0 Å². The molecule has 0 bridgehead atoms. The van der Waals surface area contributed by atoms with E-state index in [1.54, 1.807) is 6.20 Å². The molecule has 0 aliphatic carbocycles. The summed E-state index contributed by atoms with van der Waals surface area (Å²) < 4.78 is 2.14. The number of aromatic nitrogens is 2.